The summed E-state index contributed by atoms with van der Waals surface area (Å²) in [6.07, 6.45) is 0. The van der Waals surface area contributed by atoms with Gasteiger partial charge in [-0.25, -0.2) is 0 Å². The first-order chi connectivity index (χ1) is 4.31. The van der Waals surface area contributed by atoms with Gasteiger partial charge in [-0.05, 0) is 6.92 Å². The number of carbonyl (C=O) groups excluding carboxylic acids is 1. The van der Waals surface area contributed by atoms with Gasteiger partial charge in [-0.2, -0.15) is 0 Å². The first-order valence-electron chi connectivity index (χ1n) is 2.52. The van der Waals surface area contributed by atoms with E-state index in [1.807, 2.05) is 0 Å². The monoisotopic (exact) mass is 164 g/mol. The third-order valence-electron chi connectivity index (χ3n) is 0.575. The molecule has 0 aromatic rings. The first kappa shape index (κ1) is 8.91. The highest BCUT2D eigenvalue weighted by Gasteiger charge is 1.97. The average molecular weight is 164 g/mol. The minimum atomic E-state index is -0.205. The summed E-state index contributed by atoms with van der Waals surface area (Å²) in [6.45, 7) is 2.22. The standard InChI is InChI=1S/C5H8O2S2/c1-2-7-5(6)3-9-4-8/h4H,2-3H2,1H3. The van der Waals surface area contributed by atoms with Gasteiger partial charge in [0.1, 0.15) is 0 Å². The third kappa shape index (κ3) is 5.79. The molecule has 0 unspecified atom stereocenters. The van der Waals surface area contributed by atoms with E-state index in [1.54, 1.807) is 6.92 Å². The van der Waals surface area contributed by atoms with Crippen LogP contribution in [0, 0.1) is 0 Å². The van der Waals surface area contributed by atoms with Crippen LogP contribution < -0.4 is 0 Å². The van der Waals surface area contributed by atoms with Crippen molar-refractivity contribution >= 4 is 34.6 Å². The summed E-state index contributed by atoms with van der Waals surface area (Å²) < 4.78 is 6.07. The normalized spacial score (nSPS) is 8.56. The van der Waals surface area contributed by atoms with Crippen molar-refractivity contribution in [2.75, 3.05) is 12.4 Å². The van der Waals surface area contributed by atoms with Gasteiger partial charge in [0.2, 0.25) is 0 Å². The first-order valence-corrected chi connectivity index (χ1v) is 4.04. The lowest BCUT2D eigenvalue weighted by Crippen LogP contribution is -2.06. The number of rotatable bonds is 4. The van der Waals surface area contributed by atoms with Gasteiger partial charge in [-0.15, -0.1) is 11.8 Å². The second kappa shape index (κ2) is 6.04. The highest BCUT2D eigenvalue weighted by Crippen LogP contribution is 1.94. The van der Waals surface area contributed by atoms with Crippen LogP contribution in [-0.2, 0) is 9.53 Å². The summed E-state index contributed by atoms with van der Waals surface area (Å²) >= 11 is 5.76. The van der Waals surface area contributed by atoms with Crippen LogP contribution in [0.15, 0.2) is 0 Å². The quantitative estimate of drug-likeness (QED) is 0.461. The topological polar surface area (TPSA) is 26.3 Å². The Kier molecular flexibility index (Phi) is 5.98. The molecule has 0 amide bonds. The largest absolute Gasteiger partial charge is 0.465 e. The Bertz CT molecular complexity index is 103. The Balaban J connectivity index is 3.16. The van der Waals surface area contributed by atoms with Gasteiger partial charge in [0.15, 0.2) is 0 Å². The van der Waals surface area contributed by atoms with Gasteiger partial charge in [-0.1, -0.05) is 12.2 Å². The van der Waals surface area contributed by atoms with E-state index < -0.39 is 0 Å². The van der Waals surface area contributed by atoms with Crippen LogP contribution in [0.5, 0.6) is 0 Å². The molecule has 9 heavy (non-hydrogen) atoms. The van der Waals surface area contributed by atoms with Crippen molar-refractivity contribution in [1.29, 1.82) is 0 Å². The summed E-state index contributed by atoms with van der Waals surface area (Å²) in [6, 6.07) is 0. The molecule has 0 aliphatic heterocycles. The summed E-state index contributed by atoms with van der Waals surface area (Å²) in [5, 5.41) is 0. The Labute approximate surface area is 64.0 Å². The van der Waals surface area contributed by atoms with Gasteiger partial charge >= 0.3 is 5.97 Å². The number of esters is 1. The van der Waals surface area contributed by atoms with Gasteiger partial charge < -0.3 is 4.74 Å². The molecule has 0 saturated carbocycles. The molecule has 0 aromatic heterocycles. The Morgan fingerprint density at radius 1 is 1.89 bits per heavy atom. The zero-order chi connectivity index (χ0) is 7.11. The predicted molar refractivity (Wildman–Crippen MR) is 42.7 cm³/mol. The molecule has 0 N–H and O–H groups in total. The van der Waals surface area contributed by atoms with Gasteiger partial charge in [0.05, 0.1) is 12.4 Å². The Hall–Kier alpha value is -0.0900. The second-order valence-electron chi connectivity index (χ2n) is 1.21. The molecule has 4 heteroatoms. The molecule has 52 valence electrons. The van der Waals surface area contributed by atoms with E-state index in [0.717, 1.165) is 0 Å². The van der Waals surface area contributed by atoms with Gasteiger partial charge in [0.25, 0.3) is 0 Å². The molecule has 0 aliphatic rings. The molecule has 0 fully saturated rings. The molecule has 2 nitrogen and oxygen atoms in total. The molecule has 0 atom stereocenters. The fourth-order valence-corrected chi connectivity index (χ4v) is 0.796. The molecule has 0 spiro atoms. The van der Waals surface area contributed by atoms with Gasteiger partial charge in [0, 0.05) is 4.70 Å². The number of hydrogen-bond acceptors (Lipinski definition) is 4. The maximum atomic E-state index is 10.5. The van der Waals surface area contributed by atoms with Crippen LogP contribution >= 0.6 is 24.0 Å². The summed E-state index contributed by atoms with van der Waals surface area (Å²) in [5.41, 5.74) is 0. The van der Waals surface area contributed by atoms with Crippen LogP contribution in [0.3, 0.4) is 0 Å². The smallest absolute Gasteiger partial charge is 0.316 e. The van der Waals surface area contributed by atoms with Crippen molar-refractivity contribution in [3.8, 4) is 0 Å². The minimum Gasteiger partial charge on any atom is -0.465 e. The van der Waals surface area contributed by atoms with Crippen LogP contribution in [0.2, 0.25) is 0 Å². The lowest BCUT2D eigenvalue weighted by Gasteiger charge is -1.96. The molecule has 0 saturated heterocycles. The van der Waals surface area contributed by atoms with E-state index in [4.69, 9.17) is 0 Å². The highest BCUT2D eigenvalue weighted by atomic mass is 32.2. The molecule has 0 heterocycles. The van der Waals surface area contributed by atoms with E-state index in [1.165, 1.54) is 16.5 Å². The van der Waals surface area contributed by atoms with E-state index >= 15 is 0 Å². The maximum Gasteiger partial charge on any atom is 0.316 e. The van der Waals surface area contributed by atoms with Crippen molar-refractivity contribution < 1.29 is 9.53 Å². The number of thioether (sulfide) groups is 1. The molecule has 0 aromatic carbocycles. The second-order valence-corrected chi connectivity index (χ2v) is 2.60. The van der Waals surface area contributed by atoms with E-state index in [9.17, 15) is 4.79 Å². The third-order valence-corrected chi connectivity index (χ3v) is 1.52. The van der Waals surface area contributed by atoms with Crippen molar-refractivity contribution in [3.63, 3.8) is 0 Å². The van der Waals surface area contributed by atoms with Crippen molar-refractivity contribution in [3.05, 3.63) is 0 Å². The van der Waals surface area contributed by atoms with Crippen LogP contribution in [-0.4, -0.2) is 23.0 Å². The zero-order valence-corrected chi connectivity index (χ0v) is 6.76. The van der Waals surface area contributed by atoms with E-state index in [-0.39, 0.29) is 5.97 Å². The highest BCUT2D eigenvalue weighted by molar-refractivity contribution is 8.21. The molecular formula is C5H8O2S2. The zero-order valence-electron chi connectivity index (χ0n) is 5.12. The molecule has 0 rings (SSSR count). The number of ether oxygens (including phenoxy) is 1. The Morgan fingerprint density at radius 2 is 2.56 bits per heavy atom. The molecular weight excluding hydrogens is 156 g/mol. The van der Waals surface area contributed by atoms with Crippen LogP contribution in [0.1, 0.15) is 6.92 Å². The lowest BCUT2D eigenvalue weighted by atomic mass is 10.8. The van der Waals surface area contributed by atoms with Crippen molar-refractivity contribution in [2.24, 2.45) is 0 Å². The minimum absolute atomic E-state index is 0.205. The van der Waals surface area contributed by atoms with Crippen molar-refractivity contribution in [1.82, 2.24) is 0 Å². The van der Waals surface area contributed by atoms with Crippen LogP contribution in [0.25, 0.3) is 0 Å². The SMILES string of the molecule is CCOC(=O)CSC=S. The summed E-state index contributed by atoms with van der Waals surface area (Å²) in [7, 11) is 0. The molecule has 0 aliphatic carbocycles. The number of thiocarbonyl (C=S) groups is 1. The number of carbonyl (C=O) groups is 1. The number of hydrogen-bond donors (Lipinski definition) is 0. The fourth-order valence-electron chi connectivity index (χ4n) is 0.305. The summed E-state index contributed by atoms with van der Waals surface area (Å²) in [5.74, 6) is 0.126. The van der Waals surface area contributed by atoms with Gasteiger partial charge in [-0.3, -0.25) is 4.79 Å². The fraction of sp³-hybridized carbons (Fsp3) is 0.600. The van der Waals surface area contributed by atoms with Crippen LogP contribution in [0.4, 0.5) is 0 Å². The van der Waals surface area contributed by atoms with E-state index in [0.29, 0.717) is 12.4 Å². The van der Waals surface area contributed by atoms with E-state index in [2.05, 4.69) is 17.0 Å². The lowest BCUT2D eigenvalue weighted by molar-refractivity contribution is -0.139. The average Bonchev–Trinajstić information content (AvgIpc) is 1.85. The summed E-state index contributed by atoms with van der Waals surface area (Å²) in [4.78, 5) is 10.5. The Morgan fingerprint density at radius 3 is 3.00 bits per heavy atom. The molecule has 0 bridgehead atoms. The maximum absolute atomic E-state index is 10.5. The van der Waals surface area contributed by atoms with Crippen molar-refractivity contribution in [2.45, 2.75) is 6.92 Å². The predicted octanol–water partition coefficient (Wildman–Crippen LogP) is 1.24. The molecule has 0 radical (unpaired) electrons.